The number of amides is 1. The van der Waals surface area contributed by atoms with Gasteiger partial charge in [0.05, 0.1) is 0 Å². The second kappa shape index (κ2) is 5.35. The fourth-order valence-electron chi connectivity index (χ4n) is 1.53. The molecule has 0 aliphatic heterocycles. The van der Waals surface area contributed by atoms with Crippen LogP contribution in [0, 0.1) is 5.92 Å². The molecule has 0 saturated heterocycles. The number of carbonyl (C=O) groups is 1. The van der Waals surface area contributed by atoms with Gasteiger partial charge in [-0.15, -0.1) is 0 Å². The van der Waals surface area contributed by atoms with Crippen molar-refractivity contribution in [3.05, 3.63) is 0 Å². The van der Waals surface area contributed by atoms with Crippen LogP contribution in [0.3, 0.4) is 0 Å². The third kappa shape index (κ3) is 3.29. The molecule has 82 valence electrons. The largest absolute Gasteiger partial charge is 0.372 e. The van der Waals surface area contributed by atoms with E-state index in [0.29, 0.717) is 0 Å². The number of rotatable bonds is 6. The lowest BCUT2D eigenvalue weighted by Gasteiger charge is -2.24. The summed E-state index contributed by atoms with van der Waals surface area (Å²) in [5.41, 5.74) is 0. The third-order valence-electron chi connectivity index (χ3n) is 2.68. The van der Waals surface area contributed by atoms with E-state index >= 15 is 0 Å². The summed E-state index contributed by atoms with van der Waals surface area (Å²) >= 11 is 0. The molecule has 14 heavy (non-hydrogen) atoms. The molecular formula is C11H21NO2. The van der Waals surface area contributed by atoms with Gasteiger partial charge in [0.2, 0.25) is 0 Å². The molecule has 1 rings (SSSR count). The number of hydrogen-bond donors (Lipinski definition) is 0. The van der Waals surface area contributed by atoms with Crippen molar-refractivity contribution in [1.82, 2.24) is 4.90 Å². The molecule has 1 amide bonds. The van der Waals surface area contributed by atoms with E-state index in [1.807, 2.05) is 11.8 Å². The van der Waals surface area contributed by atoms with Crippen molar-refractivity contribution < 1.29 is 9.53 Å². The minimum Gasteiger partial charge on any atom is -0.372 e. The molecule has 1 atom stereocenters. The topological polar surface area (TPSA) is 29.5 Å². The summed E-state index contributed by atoms with van der Waals surface area (Å²) in [6.07, 6.45) is 3.30. The van der Waals surface area contributed by atoms with Crippen molar-refractivity contribution in [3.8, 4) is 0 Å². The minimum atomic E-state index is -0.291. The first-order chi connectivity index (χ1) is 6.69. The monoisotopic (exact) mass is 199 g/mol. The average molecular weight is 199 g/mol. The van der Waals surface area contributed by atoms with Gasteiger partial charge >= 0.3 is 0 Å². The van der Waals surface area contributed by atoms with Gasteiger partial charge in [-0.25, -0.2) is 0 Å². The zero-order valence-electron chi connectivity index (χ0n) is 9.45. The molecular weight excluding hydrogens is 178 g/mol. The number of ether oxygens (including phenoxy) is 1. The maximum absolute atomic E-state index is 11.8. The van der Waals surface area contributed by atoms with Crippen LogP contribution in [0.4, 0.5) is 0 Å². The second-order valence-electron chi connectivity index (χ2n) is 4.11. The summed E-state index contributed by atoms with van der Waals surface area (Å²) in [7, 11) is 1.59. The van der Waals surface area contributed by atoms with E-state index in [-0.39, 0.29) is 12.0 Å². The molecule has 0 N–H and O–H groups in total. The summed E-state index contributed by atoms with van der Waals surface area (Å²) in [6, 6.07) is 0. The standard InChI is InChI=1S/C11H21NO2/c1-4-7-12(8-10-5-6-10)11(13)9(2)14-3/h9-10H,4-8H2,1-3H3. The van der Waals surface area contributed by atoms with Crippen molar-refractivity contribution in [2.45, 2.75) is 39.2 Å². The average Bonchev–Trinajstić information content (AvgIpc) is 2.98. The van der Waals surface area contributed by atoms with E-state index in [1.54, 1.807) is 7.11 Å². The highest BCUT2D eigenvalue weighted by Crippen LogP contribution is 2.29. The molecule has 3 heteroatoms. The van der Waals surface area contributed by atoms with Crippen LogP contribution in [0.2, 0.25) is 0 Å². The normalized spacial score (nSPS) is 17.9. The highest BCUT2D eigenvalue weighted by Gasteiger charge is 2.28. The van der Waals surface area contributed by atoms with Gasteiger partial charge < -0.3 is 9.64 Å². The molecule has 1 saturated carbocycles. The lowest BCUT2D eigenvalue weighted by atomic mass is 10.2. The van der Waals surface area contributed by atoms with E-state index in [2.05, 4.69) is 6.92 Å². The van der Waals surface area contributed by atoms with Crippen LogP contribution in [-0.4, -0.2) is 37.1 Å². The second-order valence-corrected chi connectivity index (χ2v) is 4.11. The Morgan fingerprint density at radius 2 is 2.21 bits per heavy atom. The zero-order chi connectivity index (χ0) is 10.6. The first kappa shape index (κ1) is 11.5. The molecule has 0 bridgehead atoms. The summed E-state index contributed by atoms with van der Waals surface area (Å²) in [4.78, 5) is 13.8. The maximum atomic E-state index is 11.8. The number of methoxy groups -OCH3 is 1. The quantitative estimate of drug-likeness (QED) is 0.651. The fraction of sp³-hybridized carbons (Fsp3) is 0.909. The molecule has 1 aliphatic rings. The summed E-state index contributed by atoms with van der Waals surface area (Å²) < 4.78 is 5.05. The number of carbonyl (C=O) groups excluding carboxylic acids is 1. The van der Waals surface area contributed by atoms with Gasteiger partial charge in [-0.1, -0.05) is 6.92 Å². The minimum absolute atomic E-state index is 0.140. The highest BCUT2D eigenvalue weighted by molar-refractivity contribution is 5.80. The number of hydrogen-bond acceptors (Lipinski definition) is 2. The molecule has 1 aliphatic carbocycles. The van der Waals surface area contributed by atoms with Crippen LogP contribution in [-0.2, 0) is 9.53 Å². The maximum Gasteiger partial charge on any atom is 0.251 e. The van der Waals surface area contributed by atoms with Gasteiger partial charge in [0.25, 0.3) is 5.91 Å². The predicted molar refractivity (Wildman–Crippen MR) is 56.1 cm³/mol. The van der Waals surface area contributed by atoms with Crippen molar-refractivity contribution in [2.24, 2.45) is 5.92 Å². The Morgan fingerprint density at radius 1 is 1.57 bits per heavy atom. The Balaban J connectivity index is 2.42. The highest BCUT2D eigenvalue weighted by atomic mass is 16.5. The summed E-state index contributed by atoms with van der Waals surface area (Å²) in [5, 5.41) is 0. The molecule has 3 nitrogen and oxygen atoms in total. The molecule has 0 spiro atoms. The lowest BCUT2D eigenvalue weighted by molar-refractivity contribution is -0.141. The van der Waals surface area contributed by atoms with Crippen molar-refractivity contribution in [1.29, 1.82) is 0 Å². The van der Waals surface area contributed by atoms with Gasteiger partial charge in [-0.3, -0.25) is 4.79 Å². The van der Waals surface area contributed by atoms with Crippen molar-refractivity contribution in [2.75, 3.05) is 20.2 Å². The van der Waals surface area contributed by atoms with Crippen LogP contribution in [0.5, 0.6) is 0 Å². The molecule has 1 unspecified atom stereocenters. The smallest absolute Gasteiger partial charge is 0.251 e. The van der Waals surface area contributed by atoms with E-state index in [0.717, 1.165) is 25.4 Å². The van der Waals surface area contributed by atoms with Crippen molar-refractivity contribution >= 4 is 5.91 Å². The van der Waals surface area contributed by atoms with Crippen LogP contribution >= 0.6 is 0 Å². The molecule has 0 aromatic heterocycles. The van der Waals surface area contributed by atoms with Gasteiger partial charge in [0.15, 0.2) is 0 Å². The number of nitrogens with zero attached hydrogens (tertiary/aromatic N) is 1. The first-order valence-electron chi connectivity index (χ1n) is 5.50. The Morgan fingerprint density at radius 3 is 2.64 bits per heavy atom. The van der Waals surface area contributed by atoms with Crippen LogP contribution < -0.4 is 0 Å². The SMILES string of the molecule is CCCN(CC1CC1)C(=O)C(C)OC. The Bertz CT molecular complexity index is 190. The lowest BCUT2D eigenvalue weighted by Crippen LogP contribution is -2.40. The Hall–Kier alpha value is -0.570. The van der Waals surface area contributed by atoms with Crippen LogP contribution in [0.15, 0.2) is 0 Å². The Kier molecular flexibility index (Phi) is 4.39. The molecule has 1 fully saturated rings. The van der Waals surface area contributed by atoms with Crippen molar-refractivity contribution in [3.63, 3.8) is 0 Å². The molecule has 0 aromatic carbocycles. The summed E-state index contributed by atoms with van der Waals surface area (Å²) in [6.45, 7) is 5.71. The van der Waals surface area contributed by atoms with Gasteiger partial charge in [-0.2, -0.15) is 0 Å². The van der Waals surface area contributed by atoms with Gasteiger partial charge in [0.1, 0.15) is 6.10 Å². The van der Waals surface area contributed by atoms with E-state index < -0.39 is 0 Å². The van der Waals surface area contributed by atoms with Gasteiger partial charge in [0, 0.05) is 20.2 Å². The van der Waals surface area contributed by atoms with Crippen LogP contribution in [0.25, 0.3) is 0 Å². The van der Waals surface area contributed by atoms with E-state index in [9.17, 15) is 4.79 Å². The molecule has 0 aromatic rings. The van der Waals surface area contributed by atoms with Crippen LogP contribution in [0.1, 0.15) is 33.1 Å². The fourth-order valence-corrected chi connectivity index (χ4v) is 1.53. The zero-order valence-corrected chi connectivity index (χ0v) is 9.45. The van der Waals surface area contributed by atoms with Gasteiger partial charge in [-0.05, 0) is 32.1 Å². The summed E-state index contributed by atoms with van der Waals surface area (Å²) in [5.74, 6) is 0.899. The molecule has 0 radical (unpaired) electrons. The Labute approximate surface area is 86.4 Å². The predicted octanol–water partition coefficient (Wildman–Crippen LogP) is 1.67. The van der Waals surface area contributed by atoms with E-state index in [4.69, 9.17) is 4.74 Å². The first-order valence-corrected chi connectivity index (χ1v) is 5.50. The van der Waals surface area contributed by atoms with E-state index in [1.165, 1.54) is 12.8 Å². The third-order valence-corrected chi connectivity index (χ3v) is 2.68. The molecule has 0 heterocycles.